The fraction of sp³-hybridized carbons (Fsp3) is 0.235. The highest BCUT2D eigenvalue weighted by Gasteiger charge is 2.24. The van der Waals surface area contributed by atoms with Crippen molar-refractivity contribution < 1.29 is 9.53 Å². The van der Waals surface area contributed by atoms with Gasteiger partial charge in [-0.2, -0.15) is 0 Å². The van der Waals surface area contributed by atoms with E-state index in [9.17, 15) is 4.79 Å². The van der Waals surface area contributed by atoms with Gasteiger partial charge in [0.1, 0.15) is 0 Å². The van der Waals surface area contributed by atoms with Crippen molar-refractivity contribution in [2.45, 2.75) is 6.10 Å². The number of hydrogen-bond donors (Lipinski definition) is 0. The Kier molecular flexibility index (Phi) is 4.53. The third-order valence-electron chi connectivity index (χ3n) is 3.23. The minimum absolute atomic E-state index is 0.0594. The maximum Gasteiger partial charge on any atom is 0.255 e. The molecule has 104 valence electrons. The first-order valence-electron chi connectivity index (χ1n) is 6.53. The Labute approximate surface area is 119 Å². The third kappa shape index (κ3) is 2.89. The lowest BCUT2D eigenvalue weighted by atomic mass is 9.95. The third-order valence-corrected chi connectivity index (χ3v) is 3.23. The zero-order valence-electron chi connectivity index (χ0n) is 12.0. The molecule has 1 atom stereocenters. The topological polar surface area (TPSA) is 29.5 Å². The summed E-state index contributed by atoms with van der Waals surface area (Å²) in [6.45, 7) is 0. The van der Waals surface area contributed by atoms with E-state index in [0.29, 0.717) is 0 Å². The molecule has 0 aliphatic carbocycles. The Balaban J connectivity index is 2.49. The van der Waals surface area contributed by atoms with Gasteiger partial charge in [0.2, 0.25) is 0 Å². The molecule has 0 bridgehead atoms. The number of nitrogens with zero attached hydrogens (tertiary/aromatic N) is 1. The average Bonchev–Trinajstić information content (AvgIpc) is 2.49. The molecule has 0 fully saturated rings. The van der Waals surface area contributed by atoms with Crippen molar-refractivity contribution in [3.63, 3.8) is 0 Å². The maximum absolute atomic E-state index is 12.3. The maximum atomic E-state index is 12.3. The van der Waals surface area contributed by atoms with Crippen LogP contribution in [0.4, 0.5) is 0 Å². The zero-order valence-corrected chi connectivity index (χ0v) is 12.0. The van der Waals surface area contributed by atoms with Crippen LogP contribution in [0.2, 0.25) is 0 Å². The van der Waals surface area contributed by atoms with E-state index in [-0.39, 0.29) is 5.91 Å². The average molecular weight is 269 g/mol. The molecule has 0 aromatic heterocycles. The van der Waals surface area contributed by atoms with Crippen LogP contribution in [-0.4, -0.2) is 32.0 Å². The molecule has 1 unspecified atom stereocenters. The summed E-state index contributed by atoms with van der Waals surface area (Å²) in [5.41, 5.74) is 2.99. The van der Waals surface area contributed by atoms with Gasteiger partial charge in [0.25, 0.3) is 5.91 Å². The first-order valence-corrected chi connectivity index (χ1v) is 6.53. The first-order chi connectivity index (χ1) is 9.65. The lowest BCUT2D eigenvalue weighted by Crippen LogP contribution is -2.29. The van der Waals surface area contributed by atoms with Crippen molar-refractivity contribution in [2.24, 2.45) is 0 Å². The summed E-state index contributed by atoms with van der Waals surface area (Å²) in [6.07, 6.45) is -0.582. The molecular weight excluding hydrogens is 250 g/mol. The van der Waals surface area contributed by atoms with Crippen LogP contribution in [0, 0.1) is 0 Å². The van der Waals surface area contributed by atoms with Crippen molar-refractivity contribution in [3.05, 3.63) is 60.2 Å². The molecule has 0 saturated carbocycles. The number of methoxy groups -OCH3 is 1. The van der Waals surface area contributed by atoms with E-state index in [0.717, 1.165) is 16.7 Å². The standard InChI is InChI=1S/C17H19NO2/c1-18(2)17(19)16(20-3)15-12-8-7-11-14(15)13-9-5-4-6-10-13/h4-12,16H,1-3H3. The summed E-state index contributed by atoms with van der Waals surface area (Å²) in [4.78, 5) is 13.8. The Hall–Kier alpha value is -2.13. The number of ether oxygens (including phenoxy) is 1. The van der Waals surface area contributed by atoms with Crippen LogP contribution in [0.1, 0.15) is 11.7 Å². The summed E-state index contributed by atoms with van der Waals surface area (Å²) in [5.74, 6) is -0.0594. The van der Waals surface area contributed by atoms with Crippen LogP contribution < -0.4 is 0 Å². The fourth-order valence-electron chi connectivity index (χ4n) is 2.20. The molecule has 1 amide bonds. The van der Waals surface area contributed by atoms with Gasteiger partial charge in [0.05, 0.1) is 0 Å². The second kappa shape index (κ2) is 6.35. The lowest BCUT2D eigenvalue weighted by Gasteiger charge is -2.22. The van der Waals surface area contributed by atoms with E-state index >= 15 is 0 Å². The quantitative estimate of drug-likeness (QED) is 0.853. The predicted octanol–water partition coefficient (Wildman–Crippen LogP) is 3.13. The first kappa shape index (κ1) is 14.3. The van der Waals surface area contributed by atoms with Crippen LogP contribution in [0.25, 0.3) is 11.1 Å². The highest BCUT2D eigenvalue weighted by molar-refractivity contribution is 5.85. The van der Waals surface area contributed by atoms with Gasteiger partial charge in [-0.05, 0) is 16.7 Å². The van der Waals surface area contributed by atoms with Crippen LogP contribution >= 0.6 is 0 Å². The lowest BCUT2D eigenvalue weighted by molar-refractivity contribution is -0.139. The van der Waals surface area contributed by atoms with E-state index in [4.69, 9.17) is 4.74 Å². The Bertz CT molecular complexity index is 579. The number of carbonyl (C=O) groups excluding carboxylic acids is 1. The summed E-state index contributed by atoms with van der Waals surface area (Å²) in [5, 5.41) is 0. The number of rotatable bonds is 4. The number of benzene rings is 2. The number of likely N-dealkylation sites (N-methyl/N-ethyl adjacent to an activating group) is 1. The minimum atomic E-state index is -0.582. The molecule has 2 aromatic carbocycles. The van der Waals surface area contributed by atoms with E-state index in [1.807, 2.05) is 54.6 Å². The van der Waals surface area contributed by atoms with Gasteiger partial charge >= 0.3 is 0 Å². The van der Waals surface area contributed by atoms with Crippen molar-refractivity contribution in [3.8, 4) is 11.1 Å². The van der Waals surface area contributed by atoms with E-state index in [2.05, 4.69) is 0 Å². The molecule has 0 heterocycles. The predicted molar refractivity (Wildman–Crippen MR) is 80.3 cm³/mol. The number of hydrogen-bond acceptors (Lipinski definition) is 2. The highest BCUT2D eigenvalue weighted by Crippen LogP contribution is 2.30. The Morgan fingerprint density at radius 1 is 1.00 bits per heavy atom. The van der Waals surface area contributed by atoms with Gasteiger partial charge in [-0.1, -0.05) is 54.6 Å². The Morgan fingerprint density at radius 3 is 2.20 bits per heavy atom. The van der Waals surface area contributed by atoms with Crippen LogP contribution in [0.3, 0.4) is 0 Å². The molecule has 0 N–H and O–H groups in total. The SMILES string of the molecule is COC(C(=O)N(C)C)c1ccccc1-c1ccccc1. The molecular formula is C17H19NO2. The van der Waals surface area contributed by atoms with Gasteiger partial charge in [-0.15, -0.1) is 0 Å². The minimum Gasteiger partial charge on any atom is -0.367 e. The highest BCUT2D eigenvalue weighted by atomic mass is 16.5. The summed E-state index contributed by atoms with van der Waals surface area (Å²) >= 11 is 0. The molecule has 0 saturated heterocycles. The largest absolute Gasteiger partial charge is 0.367 e. The second-order valence-electron chi connectivity index (χ2n) is 4.80. The van der Waals surface area contributed by atoms with E-state index in [1.54, 1.807) is 26.1 Å². The monoisotopic (exact) mass is 269 g/mol. The summed E-state index contributed by atoms with van der Waals surface area (Å²) < 4.78 is 5.43. The van der Waals surface area contributed by atoms with Crippen molar-refractivity contribution >= 4 is 5.91 Å². The normalized spacial score (nSPS) is 11.9. The fourth-order valence-corrected chi connectivity index (χ4v) is 2.20. The van der Waals surface area contributed by atoms with E-state index < -0.39 is 6.10 Å². The molecule has 0 radical (unpaired) electrons. The number of carbonyl (C=O) groups is 1. The van der Waals surface area contributed by atoms with Crippen LogP contribution in [0.5, 0.6) is 0 Å². The zero-order chi connectivity index (χ0) is 14.5. The molecule has 3 nitrogen and oxygen atoms in total. The van der Waals surface area contributed by atoms with Gasteiger partial charge in [-0.3, -0.25) is 4.79 Å². The summed E-state index contributed by atoms with van der Waals surface area (Å²) in [7, 11) is 5.03. The molecule has 0 aliphatic rings. The van der Waals surface area contributed by atoms with Gasteiger partial charge < -0.3 is 9.64 Å². The van der Waals surface area contributed by atoms with Gasteiger partial charge in [-0.25, -0.2) is 0 Å². The van der Waals surface area contributed by atoms with Crippen LogP contribution in [-0.2, 0) is 9.53 Å². The smallest absolute Gasteiger partial charge is 0.255 e. The Morgan fingerprint density at radius 2 is 1.60 bits per heavy atom. The molecule has 20 heavy (non-hydrogen) atoms. The van der Waals surface area contributed by atoms with Crippen molar-refractivity contribution in [1.82, 2.24) is 4.90 Å². The van der Waals surface area contributed by atoms with Gasteiger partial charge in [0.15, 0.2) is 6.10 Å². The molecule has 0 aliphatic heterocycles. The van der Waals surface area contributed by atoms with Crippen molar-refractivity contribution in [1.29, 1.82) is 0 Å². The van der Waals surface area contributed by atoms with Gasteiger partial charge in [0, 0.05) is 21.2 Å². The molecule has 3 heteroatoms. The molecule has 2 aromatic rings. The summed E-state index contributed by atoms with van der Waals surface area (Å²) in [6, 6.07) is 17.9. The van der Waals surface area contributed by atoms with Crippen LogP contribution in [0.15, 0.2) is 54.6 Å². The van der Waals surface area contributed by atoms with Crippen molar-refractivity contribution in [2.75, 3.05) is 21.2 Å². The van der Waals surface area contributed by atoms with E-state index in [1.165, 1.54) is 0 Å². The second-order valence-corrected chi connectivity index (χ2v) is 4.80. The molecule has 0 spiro atoms. The number of amides is 1. The molecule has 2 rings (SSSR count).